The standard InChI is InChI=1S/C15H19N3O3S/c1-20-9-10-21-14-13(5-2-7-16-14)18-15(19)17-8-6-12-4-3-11-22-12/h2-5,7,11H,6,8-10H2,1H3,(H2,17,18,19). The Morgan fingerprint density at radius 2 is 2.23 bits per heavy atom. The molecule has 0 aromatic carbocycles. The molecule has 2 rings (SSSR count). The fraction of sp³-hybridized carbons (Fsp3) is 0.333. The Hall–Kier alpha value is -2.12. The van der Waals surface area contributed by atoms with Crippen molar-refractivity contribution >= 4 is 23.1 Å². The average molecular weight is 321 g/mol. The van der Waals surface area contributed by atoms with Crippen molar-refractivity contribution in [2.45, 2.75) is 6.42 Å². The van der Waals surface area contributed by atoms with Crippen LogP contribution in [0.1, 0.15) is 4.88 Å². The number of nitrogens with zero attached hydrogens (tertiary/aromatic N) is 1. The van der Waals surface area contributed by atoms with E-state index in [1.54, 1.807) is 36.8 Å². The molecule has 6 nitrogen and oxygen atoms in total. The van der Waals surface area contributed by atoms with E-state index >= 15 is 0 Å². The third kappa shape index (κ3) is 5.34. The molecule has 0 aliphatic heterocycles. The van der Waals surface area contributed by atoms with Gasteiger partial charge in [0.25, 0.3) is 0 Å². The molecule has 0 aliphatic carbocycles. The molecular formula is C15H19N3O3S. The third-order valence-electron chi connectivity index (χ3n) is 2.78. The minimum atomic E-state index is -0.277. The Morgan fingerprint density at radius 3 is 3.00 bits per heavy atom. The number of aromatic nitrogens is 1. The monoisotopic (exact) mass is 321 g/mol. The van der Waals surface area contributed by atoms with Crippen LogP contribution in [0, 0.1) is 0 Å². The summed E-state index contributed by atoms with van der Waals surface area (Å²) in [4.78, 5) is 17.2. The Morgan fingerprint density at radius 1 is 1.32 bits per heavy atom. The van der Waals surface area contributed by atoms with Crippen LogP contribution in [0.2, 0.25) is 0 Å². The molecule has 2 heterocycles. The van der Waals surface area contributed by atoms with Crippen LogP contribution >= 0.6 is 11.3 Å². The molecule has 118 valence electrons. The zero-order valence-electron chi connectivity index (χ0n) is 12.4. The number of pyridine rings is 1. The average Bonchev–Trinajstić information content (AvgIpc) is 3.02. The van der Waals surface area contributed by atoms with Gasteiger partial charge in [-0.3, -0.25) is 0 Å². The molecule has 22 heavy (non-hydrogen) atoms. The summed E-state index contributed by atoms with van der Waals surface area (Å²) in [6, 6.07) is 7.26. The van der Waals surface area contributed by atoms with Gasteiger partial charge in [0.1, 0.15) is 12.3 Å². The highest BCUT2D eigenvalue weighted by atomic mass is 32.1. The first kappa shape index (κ1) is 16.3. The lowest BCUT2D eigenvalue weighted by molar-refractivity contribution is 0.144. The Labute approximate surface area is 133 Å². The van der Waals surface area contributed by atoms with Crippen LogP contribution in [0.3, 0.4) is 0 Å². The summed E-state index contributed by atoms with van der Waals surface area (Å²) in [6.45, 7) is 1.41. The largest absolute Gasteiger partial charge is 0.474 e. The van der Waals surface area contributed by atoms with Gasteiger partial charge in [-0.25, -0.2) is 9.78 Å². The Bertz CT molecular complexity index is 575. The van der Waals surface area contributed by atoms with E-state index in [4.69, 9.17) is 9.47 Å². The summed E-state index contributed by atoms with van der Waals surface area (Å²) in [7, 11) is 1.60. The molecule has 0 atom stereocenters. The first-order chi connectivity index (χ1) is 10.8. The summed E-state index contributed by atoms with van der Waals surface area (Å²) < 4.78 is 10.4. The number of urea groups is 1. The van der Waals surface area contributed by atoms with Gasteiger partial charge in [0.2, 0.25) is 5.88 Å². The molecule has 0 radical (unpaired) electrons. The van der Waals surface area contributed by atoms with E-state index in [9.17, 15) is 4.79 Å². The fourth-order valence-electron chi connectivity index (χ4n) is 1.74. The van der Waals surface area contributed by atoms with E-state index < -0.39 is 0 Å². The number of rotatable bonds is 8. The molecular weight excluding hydrogens is 302 g/mol. The number of methoxy groups -OCH3 is 1. The second kappa shape index (κ2) is 9.01. The molecule has 2 aromatic heterocycles. The SMILES string of the molecule is COCCOc1ncccc1NC(=O)NCCc1cccs1. The predicted octanol–water partition coefficient (Wildman–Crippen LogP) is 2.53. The number of thiophene rings is 1. The van der Waals surface area contributed by atoms with Gasteiger partial charge < -0.3 is 20.1 Å². The lowest BCUT2D eigenvalue weighted by Crippen LogP contribution is -2.30. The van der Waals surface area contributed by atoms with Crippen LogP contribution < -0.4 is 15.4 Å². The van der Waals surface area contributed by atoms with Crippen molar-refractivity contribution in [1.29, 1.82) is 0 Å². The van der Waals surface area contributed by atoms with Gasteiger partial charge in [-0.05, 0) is 30.0 Å². The van der Waals surface area contributed by atoms with Crippen LogP contribution in [0.5, 0.6) is 5.88 Å². The third-order valence-corrected chi connectivity index (χ3v) is 3.72. The molecule has 2 amide bonds. The maximum absolute atomic E-state index is 11.9. The summed E-state index contributed by atoms with van der Waals surface area (Å²) in [6.07, 6.45) is 2.43. The van der Waals surface area contributed by atoms with Crippen molar-refractivity contribution < 1.29 is 14.3 Å². The molecule has 0 aliphatic rings. The quantitative estimate of drug-likeness (QED) is 0.733. The highest BCUT2D eigenvalue weighted by Gasteiger charge is 2.08. The second-order valence-electron chi connectivity index (χ2n) is 4.41. The van der Waals surface area contributed by atoms with E-state index in [0.717, 1.165) is 6.42 Å². The number of anilines is 1. The number of nitrogens with one attached hydrogen (secondary N) is 2. The number of carbonyl (C=O) groups excluding carboxylic acids is 1. The van der Waals surface area contributed by atoms with Crippen LogP contribution in [-0.2, 0) is 11.2 Å². The number of hydrogen-bond acceptors (Lipinski definition) is 5. The molecule has 0 bridgehead atoms. The number of ether oxygens (including phenoxy) is 2. The smallest absolute Gasteiger partial charge is 0.319 e. The number of carbonyl (C=O) groups is 1. The second-order valence-corrected chi connectivity index (χ2v) is 5.44. The highest BCUT2D eigenvalue weighted by molar-refractivity contribution is 7.09. The van der Waals surface area contributed by atoms with E-state index in [1.807, 2.05) is 17.5 Å². The van der Waals surface area contributed by atoms with Crippen molar-refractivity contribution in [3.8, 4) is 5.88 Å². The zero-order valence-corrected chi connectivity index (χ0v) is 13.2. The van der Waals surface area contributed by atoms with Crippen molar-refractivity contribution in [1.82, 2.24) is 10.3 Å². The first-order valence-corrected chi connectivity index (χ1v) is 7.81. The maximum atomic E-state index is 11.9. The molecule has 2 aromatic rings. The van der Waals surface area contributed by atoms with Crippen molar-refractivity contribution in [3.05, 3.63) is 40.7 Å². The van der Waals surface area contributed by atoms with Gasteiger partial charge in [-0.1, -0.05) is 6.07 Å². The maximum Gasteiger partial charge on any atom is 0.319 e. The van der Waals surface area contributed by atoms with Gasteiger partial charge in [-0.15, -0.1) is 11.3 Å². The summed E-state index contributed by atoms with van der Waals surface area (Å²) in [5, 5.41) is 7.58. The molecule has 0 unspecified atom stereocenters. The molecule has 0 saturated heterocycles. The van der Waals surface area contributed by atoms with Gasteiger partial charge in [0.15, 0.2) is 0 Å². The van der Waals surface area contributed by atoms with Crippen LogP contribution in [0.15, 0.2) is 35.8 Å². The van der Waals surface area contributed by atoms with Crippen molar-refractivity contribution in [2.75, 3.05) is 32.2 Å². The Kier molecular flexibility index (Phi) is 6.66. The molecule has 0 fully saturated rings. The van der Waals surface area contributed by atoms with Gasteiger partial charge >= 0.3 is 6.03 Å². The Balaban J connectivity index is 1.80. The molecule has 7 heteroatoms. The number of amides is 2. The summed E-state index contributed by atoms with van der Waals surface area (Å²) >= 11 is 1.68. The van der Waals surface area contributed by atoms with Gasteiger partial charge in [0.05, 0.1) is 6.61 Å². The lowest BCUT2D eigenvalue weighted by Gasteiger charge is -2.11. The first-order valence-electron chi connectivity index (χ1n) is 6.93. The van der Waals surface area contributed by atoms with Crippen LogP contribution in [-0.4, -0.2) is 37.9 Å². The van der Waals surface area contributed by atoms with Crippen LogP contribution in [0.25, 0.3) is 0 Å². The van der Waals surface area contributed by atoms with E-state index in [1.165, 1.54) is 4.88 Å². The molecule has 2 N–H and O–H groups in total. The van der Waals surface area contributed by atoms with E-state index in [0.29, 0.717) is 31.3 Å². The van der Waals surface area contributed by atoms with Crippen molar-refractivity contribution in [3.63, 3.8) is 0 Å². The summed E-state index contributed by atoms with van der Waals surface area (Å²) in [5.41, 5.74) is 0.534. The zero-order chi connectivity index (χ0) is 15.6. The van der Waals surface area contributed by atoms with E-state index in [2.05, 4.69) is 15.6 Å². The normalized spacial score (nSPS) is 10.2. The minimum absolute atomic E-state index is 0.277. The number of hydrogen-bond donors (Lipinski definition) is 2. The highest BCUT2D eigenvalue weighted by Crippen LogP contribution is 2.20. The topological polar surface area (TPSA) is 72.5 Å². The summed E-state index contributed by atoms with van der Waals surface area (Å²) in [5.74, 6) is 0.382. The fourth-order valence-corrected chi connectivity index (χ4v) is 2.45. The minimum Gasteiger partial charge on any atom is -0.474 e. The van der Waals surface area contributed by atoms with E-state index in [-0.39, 0.29) is 6.03 Å². The predicted molar refractivity (Wildman–Crippen MR) is 86.7 cm³/mol. The van der Waals surface area contributed by atoms with Crippen LogP contribution in [0.4, 0.5) is 10.5 Å². The van der Waals surface area contributed by atoms with Gasteiger partial charge in [0, 0.05) is 24.7 Å². The van der Waals surface area contributed by atoms with Gasteiger partial charge in [-0.2, -0.15) is 0 Å². The lowest BCUT2D eigenvalue weighted by atomic mass is 10.3. The van der Waals surface area contributed by atoms with Crippen molar-refractivity contribution in [2.24, 2.45) is 0 Å². The molecule has 0 spiro atoms. The molecule has 0 saturated carbocycles.